The molecule has 1 aliphatic rings. The summed E-state index contributed by atoms with van der Waals surface area (Å²) in [6.07, 6.45) is 2.44. The summed E-state index contributed by atoms with van der Waals surface area (Å²) in [5.41, 5.74) is 1.06. The monoisotopic (exact) mass is 304 g/mol. The van der Waals surface area contributed by atoms with E-state index < -0.39 is 0 Å². The fraction of sp³-hybridized carbons (Fsp3) is 0.529. The highest BCUT2D eigenvalue weighted by Crippen LogP contribution is 2.11. The summed E-state index contributed by atoms with van der Waals surface area (Å²) in [7, 11) is 0. The lowest BCUT2D eigenvalue weighted by Gasteiger charge is -2.18. The van der Waals surface area contributed by atoms with Crippen LogP contribution in [0.15, 0.2) is 30.3 Å². The normalized spacial score (nSPS) is 18.7. The predicted octanol–water partition coefficient (Wildman–Crippen LogP) is 1.28. The van der Waals surface area contributed by atoms with Crippen molar-refractivity contribution in [2.45, 2.75) is 32.2 Å². The Bertz CT molecular complexity index is 484. The zero-order valence-corrected chi connectivity index (χ0v) is 13.0. The Kier molecular flexibility index (Phi) is 6.40. The Balaban J connectivity index is 1.92. The Hall–Kier alpha value is -1.88. The number of esters is 1. The van der Waals surface area contributed by atoms with Crippen LogP contribution in [0.1, 0.15) is 25.3 Å². The van der Waals surface area contributed by atoms with Gasteiger partial charge in [-0.3, -0.25) is 9.59 Å². The van der Waals surface area contributed by atoms with Crippen LogP contribution in [-0.2, 0) is 20.7 Å². The van der Waals surface area contributed by atoms with Gasteiger partial charge in [0.05, 0.1) is 18.6 Å². The Morgan fingerprint density at radius 3 is 2.77 bits per heavy atom. The lowest BCUT2D eigenvalue weighted by molar-refractivity contribution is -0.147. The van der Waals surface area contributed by atoms with Crippen molar-refractivity contribution < 1.29 is 14.3 Å². The third-order valence-electron chi connectivity index (χ3n) is 3.84. The number of rotatable bonds is 7. The van der Waals surface area contributed by atoms with Crippen LogP contribution in [0.25, 0.3) is 0 Å². The third-order valence-corrected chi connectivity index (χ3v) is 3.84. The maximum atomic E-state index is 12.1. The van der Waals surface area contributed by atoms with Gasteiger partial charge in [0.1, 0.15) is 0 Å². The van der Waals surface area contributed by atoms with Crippen LogP contribution >= 0.6 is 0 Å². The molecule has 5 heteroatoms. The van der Waals surface area contributed by atoms with Gasteiger partial charge >= 0.3 is 5.97 Å². The van der Waals surface area contributed by atoms with Gasteiger partial charge in [-0.2, -0.15) is 0 Å². The molecule has 1 heterocycles. The fourth-order valence-electron chi connectivity index (χ4n) is 2.65. The smallest absolute Gasteiger partial charge is 0.311 e. The lowest BCUT2D eigenvalue weighted by atomic mass is 9.99. The topological polar surface area (TPSA) is 67.4 Å². The number of carbonyl (C=O) groups is 2. The van der Waals surface area contributed by atoms with E-state index in [0.717, 1.165) is 24.9 Å². The number of benzene rings is 1. The van der Waals surface area contributed by atoms with Gasteiger partial charge in [0.15, 0.2) is 0 Å². The van der Waals surface area contributed by atoms with Crippen LogP contribution in [0.2, 0.25) is 0 Å². The van der Waals surface area contributed by atoms with Crippen molar-refractivity contribution in [2.24, 2.45) is 5.92 Å². The predicted molar refractivity (Wildman–Crippen MR) is 84.3 cm³/mol. The molecule has 2 N–H and O–H groups in total. The summed E-state index contributed by atoms with van der Waals surface area (Å²) in [5, 5.41) is 6.04. The molecule has 1 fully saturated rings. The average Bonchev–Trinajstić information content (AvgIpc) is 3.06. The first kappa shape index (κ1) is 16.5. The Labute approximate surface area is 131 Å². The van der Waals surface area contributed by atoms with Crippen LogP contribution < -0.4 is 10.6 Å². The standard InChI is InChI=1S/C17H24N2O3/c1-2-22-17(21)14(11-13-7-4-3-5-8-13)12-19-16(20)15-9-6-10-18-15/h3-5,7-8,14-15,18H,2,6,9-12H2,1H3,(H,19,20). The minimum Gasteiger partial charge on any atom is -0.466 e. The van der Waals surface area contributed by atoms with Gasteiger partial charge in [0, 0.05) is 6.54 Å². The molecule has 1 aromatic carbocycles. The van der Waals surface area contributed by atoms with E-state index in [9.17, 15) is 9.59 Å². The molecule has 120 valence electrons. The molecule has 1 aromatic rings. The van der Waals surface area contributed by atoms with Gasteiger partial charge in [0.2, 0.25) is 5.91 Å². The van der Waals surface area contributed by atoms with Crippen LogP contribution in [-0.4, -0.2) is 37.6 Å². The van der Waals surface area contributed by atoms with Gasteiger partial charge < -0.3 is 15.4 Å². The highest BCUT2D eigenvalue weighted by atomic mass is 16.5. The van der Waals surface area contributed by atoms with E-state index in [1.54, 1.807) is 6.92 Å². The fourth-order valence-corrected chi connectivity index (χ4v) is 2.65. The van der Waals surface area contributed by atoms with E-state index in [1.165, 1.54) is 0 Å². The summed E-state index contributed by atoms with van der Waals surface area (Å²) in [6, 6.07) is 9.66. The number of amides is 1. The van der Waals surface area contributed by atoms with Crippen molar-refractivity contribution in [3.05, 3.63) is 35.9 Å². The summed E-state index contributed by atoms with van der Waals surface area (Å²) in [4.78, 5) is 24.1. The van der Waals surface area contributed by atoms with Crippen molar-refractivity contribution in [1.29, 1.82) is 0 Å². The highest BCUT2D eigenvalue weighted by Gasteiger charge is 2.25. The van der Waals surface area contributed by atoms with E-state index >= 15 is 0 Å². The van der Waals surface area contributed by atoms with E-state index in [0.29, 0.717) is 19.6 Å². The number of hydrogen-bond donors (Lipinski definition) is 2. The molecule has 5 nitrogen and oxygen atoms in total. The molecule has 0 aliphatic carbocycles. The van der Waals surface area contributed by atoms with Crippen molar-refractivity contribution in [3.8, 4) is 0 Å². The second-order valence-electron chi connectivity index (χ2n) is 5.53. The molecule has 1 amide bonds. The van der Waals surface area contributed by atoms with E-state index in [2.05, 4.69) is 10.6 Å². The van der Waals surface area contributed by atoms with Gasteiger partial charge in [0.25, 0.3) is 0 Å². The van der Waals surface area contributed by atoms with E-state index in [-0.39, 0.29) is 23.8 Å². The minimum atomic E-state index is -0.354. The van der Waals surface area contributed by atoms with Gasteiger partial charge in [-0.25, -0.2) is 0 Å². The highest BCUT2D eigenvalue weighted by molar-refractivity contribution is 5.82. The number of ether oxygens (including phenoxy) is 1. The first-order chi connectivity index (χ1) is 10.7. The minimum absolute atomic E-state index is 0.0279. The molecule has 22 heavy (non-hydrogen) atoms. The summed E-state index contributed by atoms with van der Waals surface area (Å²) >= 11 is 0. The number of carbonyl (C=O) groups excluding carboxylic acids is 2. The Morgan fingerprint density at radius 1 is 1.36 bits per heavy atom. The molecule has 1 saturated heterocycles. The van der Waals surface area contributed by atoms with Crippen LogP contribution in [0.3, 0.4) is 0 Å². The second kappa shape index (κ2) is 8.54. The molecule has 0 spiro atoms. The van der Waals surface area contributed by atoms with Crippen LogP contribution in [0.4, 0.5) is 0 Å². The number of hydrogen-bond acceptors (Lipinski definition) is 4. The van der Waals surface area contributed by atoms with Gasteiger partial charge in [-0.1, -0.05) is 30.3 Å². The third kappa shape index (κ3) is 4.84. The average molecular weight is 304 g/mol. The molecule has 1 aliphatic heterocycles. The quantitative estimate of drug-likeness (QED) is 0.745. The molecule has 2 unspecified atom stereocenters. The Morgan fingerprint density at radius 2 is 2.14 bits per heavy atom. The molecule has 0 bridgehead atoms. The number of nitrogens with one attached hydrogen (secondary N) is 2. The zero-order chi connectivity index (χ0) is 15.8. The first-order valence-electron chi connectivity index (χ1n) is 7.92. The van der Waals surface area contributed by atoms with Crippen molar-refractivity contribution in [1.82, 2.24) is 10.6 Å². The van der Waals surface area contributed by atoms with Crippen molar-refractivity contribution in [3.63, 3.8) is 0 Å². The van der Waals surface area contributed by atoms with Crippen molar-refractivity contribution in [2.75, 3.05) is 19.7 Å². The second-order valence-corrected chi connectivity index (χ2v) is 5.53. The molecule has 0 radical (unpaired) electrons. The SMILES string of the molecule is CCOC(=O)C(CNC(=O)C1CCCN1)Cc1ccccc1. The van der Waals surface area contributed by atoms with Gasteiger partial charge in [-0.05, 0) is 38.3 Å². The molecular weight excluding hydrogens is 280 g/mol. The molecule has 2 rings (SSSR count). The zero-order valence-electron chi connectivity index (χ0n) is 13.0. The van der Waals surface area contributed by atoms with Crippen molar-refractivity contribution >= 4 is 11.9 Å². The lowest BCUT2D eigenvalue weighted by Crippen LogP contribution is -2.43. The first-order valence-corrected chi connectivity index (χ1v) is 7.92. The molecule has 2 atom stereocenters. The molecule has 0 aromatic heterocycles. The summed E-state index contributed by atoms with van der Waals surface area (Å²) in [5.74, 6) is -0.640. The van der Waals surface area contributed by atoms with E-state index in [4.69, 9.17) is 4.74 Å². The largest absolute Gasteiger partial charge is 0.466 e. The molecule has 0 saturated carbocycles. The van der Waals surface area contributed by atoms with Gasteiger partial charge in [-0.15, -0.1) is 0 Å². The molecular formula is C17H24N2O3. The maximum absolute atomic E-state index is 12.1. The maximum Gasteiger partial charge on any atom is 0.311 e. The summed E-state index contributed by atoms with van der Waals surface area (Å²) in [6.45, 7) is 3.33. The van der Waals surface area contributed by atoms with Crippen LogP contribution in [0, 0.1) is 5.92 Å². The summed E-state index contributed by atoms with van der Waals surface area (Å²) < 4.78 is 5.13. The van der Waals surface area contributed by atoms with Crippen LogP contribution in [0.5, 0.6) is 0 Å². The van der Waals surface area contributed by atoms with E-state index in [1.807, 2.05) is 30.3 Å².